The van der Waals surface area contributed by atoms with Crippen molar-refractivity contribution < 1.29 is 4.39 Å². The Labute approximate surface area is 119 Å². The number of nitrogens with one attached hydrogen (secondary N) is 1. The molecule has 104 valence electrons. The van der Waals surface area contributed by atoms with Crippen LogP contribution in [-0.2, 0) is 6.54 Å². The summed E-state index contributed by atoms with van der Waals surface area (Å²) in [5.41, 5.74) is 2.08. The lowest BCUT2D eigenvalue weighted by molar-refractivity contribution is 0.191. The first-order chi connectivity index (χ1) is 9.83. The minimum absolute atomic E-state index is 0.0775. The lowest BCUT2D eigenvalue weighted by Crippen LogP contribution is -2.45. The lowest BCUT2D eigenvalue weighted by atomic mass is 10.0. The van der Waals surface area contributed by atoms with Crippen molar-refractivity contribution in [1.29, 1.82) is 0 Å². The zero-order valence-electron chi connectivity index (χ0n) is 11.4. The van der Waals surface area contributed by atoms with Gasteiger partial charge in [-0.1, -0.05) is 48.5 Å². The molecule has 2 nitrogen and oxygen atoms in total. The fraction of sp³-hybridized carbons (Fsp3) is 0.294. The smallest absolute Gasteiger partial charge is 0.128 e. The maximum absolute atomic E-state index is 13.9. The summed E-state index contributed by atoms with van der Waals surface area (Å²) < 4.78 is 13.9. The molecule has 0 spiro atoms. The Morgan fingerprint density at radius 3 is 2.60 bits per heavy atom. The van der Waals surface area contributed by atoms with Crippen LogP contribution in [0.4, 0.5) is 4.39 Å². The van der Waals surface area contributed by atoms with E-state index in [0.29, 0.717) is 0 Å². The minimum Gasteiger partial charge on any atom is -0.307 e. The van der Waals surface area contributed by atoms with Gasteiger partial charge in [-0.05, 0) is 11.6 Å². The molecular weight excluding hydrogens is 251 g/mol. The molecule has 3 heteroatoms. The molecule has 1 aliphatic heterocycles. The monoisotopic (exact) mass is 270 g/mol. The van der Waals surface area contributed by atoms with Gasteiger partial charge in [0.2, 0.25) is 0 Å². The van der Waals surface area contributed by atoms with Crippen LogP contribution in [0.25, 0.3) is 0 Å². The second kappa shape index (κ2) is 6.16. The molecule has 1 atom stereocenters. The molecule has 0 unspecified atom stereocenters. The van der Waals surface area contributed by atoms with Gasteiger partial charge in [-0.2, -0.15) is 0 Å². The number of piperazine rings is 1. The number of nitrogens with zero attached hydrogens (tertiary/aromatic N) is 1. The predicted octanol–water partition coefficient (Wildman–Crippen LogP) is 2.97. The number of benzene rings is 2. The van der Waals surface area contributed by atoms with Gasteiger partial charge in [0.15, 0.2) is 0 Å². The molecule has 0 aromatic heterocycles. The van der Waals surface area contributed by atoms with Crippen molar-refractivity contribution >= 4 is 0 Å². The van der Waals surface area contributed by atoms with Gasteiger partial charge in [0, 0.05) is 37.8 Å². The first-order valence-electron chi connectivity index (χ1n) is 7.07. The van der Waals surface area contributed by atoms with Crippen LogP contribution in [0.5, 0.6) is 0 Å². The number of hydrogen-bond donors (Lipinski definition) is 1. The zero-order valence-corrected chi connectivity index (χ0v) is 11.4. The van der Waals surface area contributed by atoms with E-state index in [9.17, 15) is 4.39 Å². The van der Waals surface area contributed by atoms with E-state index in [1.54, 1.807) is 6.07 Å². The first kappa shape index (κ1) is 13.3. The molecule has 1 fully saturated rings. The zero-order chi connectivity index (χ0) is 13.8. The van der Waals surface area contributed by atoms with Crippen LogP contribution in [0.3, 0.4) is 0 Å². The average Bonchev–Trinajstić information content (AvgIpc) is 2.49. The summed E-state index contributed by atoms with van der Waals surface area (Å²) in [6.45, 7) is 3.66. The molecule has 1 heterocycles. The number of halogens is 1. The lowest BCUT2D eigenvalue weighted by Gasteiger charge is -2.34. The number of hydrogen-bond acceptors (Lipinski definition) is 2. The Hall–Kier alpha value is -1.71. The third kappa shape index (κ3) is 3.06. The van der Waals surface area contributed by atoms with Crippen molar-refractivity contribution in [1.82, 2.24) is 10.2 Å². The molecule has 0 aliphatic carbocycles. The highest BCUT2D eigenvalue weighted by Crippen LogP contribution is 2.21. The highest BCUT2D eigenvalue weighted by Gasteiger charge is 2.22. The second-order valence-electron chi connectivity index (χ2n) is 5.25. The van der Waals surface area contributed by atoms with Crippen LogP contribution in [0.15, 0.2) is 54.6 Å². The molecule has 0 saturated carbocycles. The SMILES string of the molecule is Fc1ccccc1[C@H]1CN(Cc2ccccc2)CCN1. The predicted molar refractivity (Wildman–Crippen MR) is 78.9 cm³/mol. The number of rotatable bonds is 3. The Morgan fingerprint density at radius 1 is 1.05 bits per heavy atom. The second-order valence-corrected chi connectivity index (χ2v) is 5.25. The van der Waals surface area contributed by atoms with Crippen LogP contribution in [0.2, 0.25) is 0 Å². The molecule has 1 aliphatic rings. The molecular formula is C17H19FN2. The topological polar surface area (TPSA) is 15.3 Å². The summed E-state index contributed by atoms with van der Waals surface area (Å²) in [7, 11) is 0. The molecule has 3 rings (SSSR count). The van der Waals surface area contributed by atoms with Crippen molar-refractivity contribution in [2.24, 2.45) is 0 Å². The molecule has 1 saturated heterocycles. The van der Waals surface area contributed by atoms with Crippen molar-refractivity contribution in [2.45, 2.75) is 12.6 Å². The van der Waals surface area contributed by atoms with Gasteiger partial charge in [0.05, 0.1) is 0 Å². The highest BCUT2D eigenvalue weighted by atomic mass is 19.1. The van der Waals surface area contributed by atoms with Crippen molar-refractivity contribution in [3.05, 3.63) is 71.5 Å². The van der Waals surface area contributed by atoms with E-state index in [2.05, 4.69) is 34.5 Å². The summed E-state index contributed by atoms with van der Waals surface area (Å²) in [4.78, 5) is 2.38. The normalized spacial score (nSPS) is 19.9. The van der Waals surface area contributed by atoms with Crippen LogP contribution in [-0.4, -0.2) is 24.5 Å². The Morgan fingerprint density at radius 2 is 1.80 bits per heavy atom. The molecule has 20 heavy (non-hydrogen) atoms. The van der Waals surface area contributed by atoms with E-state index in [1.165, 1.54) is 11.6 Å². The van der Waals surface area contributed by atoms with E-state index in [1.807, 2.05) is 18.2 Å². The first-order valence-corrected chi connectivity index (χ1v) is 7.07. The molecule has 1 N–H and O–H groups in total. The van der Waals surface area contributed by atoms with Gasteiger partial charge >= 0.3 is 0 Å². The van der Waals surface area contributed by atoms with Gasteiger partial charge in [-0.15, -0.1) is 0 Å². The summed E-state index contributed by atoms with van der Waals surface area (Å²) >= 11 is 0. The van der Waals surface area contributed by atoms with Crippen LogP contribution in [0, 0.1) is 5.82 Å². The minimum atomic E-state index is -0.119. The average molecular weight is 270 g/mol. The molecule has 2 aromatic rings. The van der Waals surface area contributed by atoms with E-state index >= 15 is 0 Å². The molecule has 0 amide bonds. The summed E-state index contributed by atoms with van der Waals surface area (Å²) in [5, 5.41) is 3.41. The van der Waals surface area contributed by atoms with Gasteiger partial charge in [-0.3, -0.25) is 4.90 Å². The van der Waals surface area contributed by atoms with Crippen LogP contribution in [0.1, 0.15) is 17.2 Å². The Bertz CT molecular complexity index is 556. The van der Waals surface area contributed by atoms with Gasteiger partial charge < -0.3 is 5.32 Å². The third-order valence-electron chi connectivity index (χ3n) is 3.79. The van der Waals surface area contributed by atoms with Crippen LogP contribution < -0.4 is 5.32 Å². The van der Waals surface area contributed by atoms with Gasteiger partial charge in [0.25, 0.3) is 0 Å². The van der Waals surface area contributed by atoms with Crippen molar-refractivity contribution in [3.63, 3.8) is 0 Å². The van der Waals surface area contributed by atoms with Gasteiger partial charge in [-0.25, -0.2) is 4.39 Å². The molecule has 2 aromatic carbocycles. The van der Waals surface area contributed by atoms with E-state index in [4.69, 9.17) is 0 Å². The maximum Gasteiger partial charge on any atom is 0.128 e. The van der Waals surface area contributed by atoms with Crippen LogP contribution >= 0.6 is 0 Å². The quantitative estimate of drug-likeness (QED) is 0.922. The van der Waals surface area contributed by atoms with E-state index in [0.717, 1.165) is 31.7 Å². The van der Waals surface area contributed by atoms with E-state index in [-0.39, 0.29) is 11.9 Å². The standard InChI is InChI=1S/C17H19FN2/c18-16-9-5-4-8-15(16)17-13-20(11-10-19-17)12-14-6-2-1-3-7-14/h1-9,17,19H,10-13H2/t17-/m1/s1. The highest BCUT2D eigenvalue weighted by molar-refractivity contribution is 5.22. The Balaban J connectivity index is 1.69. The molecule has 0 bridgehead atoms. The third-order valence-corrected chi connectivity index (χ3v) is 3.79. The van der Waals surface area contributed by atoms with Gasteiger partial charge in [0.1, 0.15) is 5.82 Å². The van der Waals surface area contributed by atoms with Crippen molar-refractivity contribution in [2.75, 3.05) is 19.6 Å². The maximum atomic E-state index is 13.9. The Kier molecular flexibility index (Phi) is 4.09. The fourth-order valence-electron chi connectivity index (χ4n) is 2.76. The van der Waals surface area contributed by atoms with E-state index < -0.39 is 0 Å². The largest absolute Gasteiger partial charge is 0.307 e. The summed E-state index contributed by atoms with van der Waals surface area (Å²) in [6, 6.07) is 17.6. The van der Waals surface area contributed by atoms with Crippen molar-refractivity contribution in [3.8, 4) is 0 Å². The summed E-state index contributed by atoms with van der Waals surface area (Å²) in [5.74, 6) is -0.119. The summed E-state index contributed by atoms with van der Waals surface area (Å²) in [6.07, 6.45) is 0. The molecule has 0 radical (unpaired) electrons. The fourth-order valence-corrected chi connectivity index (χ4v) is 2.76.